The standard InChI is InChI=1S/C17H24ClIN2O2/c1-17(2,3)23-16(22)21-8-4-5-12(11-21)10-20-15-7-6-13(19)9-14(15)18/h6-7,9,12,20H,4-5,8,10-11H2,1-3H3. The Morgan fingerprint density at radius 2 is 2.22 bits per heavy atom. The molecule has 1 aromatic carbocycles. The van der Waals surface area contributed by atoms with Gasteiger partial charge in [-0.25, -0.2) is 4.79 Å². The Bertz CT molecular complexity index is 560. The number of piperidine rings is 1. The molecule has 1 heterocycles. The van der Waals surface area contributed by atoms with Crippen LogP contribution in [0.5, 0.6) is 0 Å². The van der Waals surface area contributed by atoms with Crippen LogP contribution in [0.25, 0.3) is 0 Å². The van der Waals surface area contributed by atoms with E-state index < -0.39 is 5.60 Å². The number of carbonyl (C=O) groups is 1. The molecule has 1 unspecified atom stereocenters. The van der Waals surface area contributed by atoms with Crippen molar-refractivity contribution in [1.29, 1.82) is 0 Å². The SMILES string of the molecule is CC(C)(C)OC(=O)N1CCCC(CNc2ccc(I)cc2Cl)C1. The van der Waals surface area contributed by atoms with Gasteiger partial charge in [0.05, 0.1) is 10.7 Å². The smallest absolute Gasteiger partial charge is 0.410 e. The summed E-state index contributed by atoms with van der Waals surface area (Å²) in [6.45, 7) is 7.99. The Hall–Kier alpha value is -0.690. The van der Waals surface area contributed by atoms with Crippen molar-refractivity contribution in [1.82, 2.24) is 4.90 Å². The van der Waals surface area contributed by atoms with E-state index in [1.54, 1.807) is 0 Å². The Labute approximate surface area is 157 Å². The molecule has 1 fully saturated rings. The summed E-state index contributed by atoms with van der Waals surface area (Å²) in [5, 5.41) is 4.14. The van der Waals surface area contributed by atoms with Gasteiger partial charge in [-0.2, -0.15) is 0 Å². The molecule has 0 radical (unpaired) electrons. The molecule has 0 aliphatic carbocycles. The predicted molar refractivity (Wildman–Crippen MR) is 103 cm³/mol. The van der Waals surface area contributed by atoms with Gasteiger partial charge in [0, 0.05) is 23.2 Å². The summed E-state index contributed by atoms with van der Waals surface area (Å²) in [6.07, 6.45) is 1.90. The van der Waals surface area contributed by atoms with Crippen LogP contribution >= 0.6 is 34.2 Å². The van der Waals surface area contributed by atoms with E-state index >= 15 is 0 Å². The summed E-state index contributed by atoms with van der Waals surface area (Å²) < 4.78 is 6.58. The molecule has 0 aromatic heterocycles. The first-order valence-electron chi connectivity index (χ1n) is 7.91. The molecule has 128 valence electrons. The molecule has 2 rings (SSSR count). The summed E-state index contributed by atoms with van der Waals surface area (Å²) in [6, 6.07) is 5.97. The second-order valence-electron chi connectivity index (χ2n) is 6.94. The number of nitrogens with one attached hydrogen (secondary N) is 1. The molecule has 1 amide bonds. The minimum absolute atomic E-state index is 0.213. The molecule has 4 nitrogen and oxygen atoms in total. The largest absolute Gasteiger partial charge is 0.444 e. The Morgan fingerprint density at radius 1 is 1.48 bits per heavy atom. The minimum Gasteiger partial charge on any atom is -0.444 e. The van der Waals surface area contributed by atoms with Crippen LogP contribution < -0.4 is 5.32 Å². The first-order chi connectivity index (χ1) is 10.7. The van der Waals surface area contributed by atoms with Crippen LogP contribution in [-0.4, -0.2) is 36.2 Å². The number of hydrogen-bond donors (Lipinski definition) is 1. The van der Waals surface area contributed by atoms with Crippen LogP contribution in [0.15, 0.2) is 18.2 Å². The minimum atomic E-state index is -0.447. The van der Waals surface area contributed by atoms with Crippen LogP contribution in [0.1, 0.15) is 33.6 Å². The number of hydrogen-bond acceptors (Lipinski definition) is 3. The number of nitrogens with zero attached hydrogens (tertiary/aromatic N) is 1. The Kier molecular flexibility index (Phi) is 6.42. The van der Waals surface area contributed by atoms with Crippen LogP contribution in [0.4, 0.5) is 10.5 Å². The molecule has 23 heavy (non-hydrogen) atoms. The van der Waals surface area contributed by atoms with E-state index in [0.717, 1.165) is 46.8 Å². The second kappa shape index (κ2) is 7.92. The van der Waals surface area contributed by atoms with Crippen molar-refractivity contribution >= 4 is 46.0 Å². The first-order valence-corrected chi connectivity index (χ1v) is 9.37. The molecular formula is C17H24ClIN2O2. The lowest BCUT2D eigenvalue weighted by Crippen LogP contribution is -2.44. The van der Waals surface area contributed by atoms with E-state index in [2.05, 4.69) is 27.9 Å². The van der Waals surface area contributed by atoms with Gasteiger partial charge in [0.25, 0.3) is 0 Å². The van der Waals surface area contributed by atoms with E-state index in [9.17, 15) is 4.79 Å². The Balaban J connectivity index is 1.87. The number of amides is 1. The average Bonchev–Trinajstić information content (AvgIpc) is 2.45. The summed E-state index contributed by atoms with van der Waals surface area (Å²) in [5.74, 6) is 0.409. The van der Waals surface area contributed by atoms with E-state index in [0.29, 0.717) is 5.92 Å². The van der Waals surface area contributed by atoms with Gasteiger partial charge < -0.3 is 15.0 Å². The number of carbonyl (C=O) groups excluding carboxylic acids is 1. The Morgan fingerprint density at radius 3 is 2.87 bits per heavy atom. The van der Waals surface area contributed by atoms with E-state index in [-0.39, 0.29) is 6.09 Å². The van der Waals surface area contributed by atoms with Crippen molar-refractivity contribution in [2.75, 3.05) is 25.0 Å². The third kappa shape index (κ3) is 6.03. The van der Waals surface area contributed by atoms with Crippen molar-refractivity contribution in [3.8, 4) is 0 Å². The topological polar surface area (TPSA) is 41.6 Å². The zero-order valence-corrected chi connectivity index (χ0v) is 16.8. The number of halogens is 2. The summed E-state index contributed by atoms with van der Waals surface area (Å²) in [4.78, 5) is 14.0. The molecule has 1 aromatic rings. The van der Waals surface area contributed by atoms with Crippen LogP contribution in [0.2, 0.25) is 5.02 Å². The van der Waals surface area contributed by atoms with E-state index in [4.69, 9.17) is 16.3 Å². The maximum absolute atomic E-state index is 12.2. The molecule has 1 aliphatic rings. The summed E-state index contributed by atoms with van der Waals surface area (Å²) in [5.41, 5.74) is 0.498. The van der Waals surface area contributed by atoms with Gasteiger partial charge in [-0.05, 0) is 80.3 Å². The lowest BCUT2D eigenvalue weighted by molar-refractivity contribution is 0.0172. The van der Waals surface area contributed by atoms with Gasteiger partial charge in [0.1, 0.15) is 5.60 Å². The monoisotopic (exact) mass is 450 g/mol. The van der Waals surface area contributed by atoms with E-state index in [1.807, 2.05) is 43.9 Å². The highest BCUT2D eigenvalue weighted by Gasteiger charge is 2.27. The van der Waals surface area contributed by atoms with Gasteiger partial charge >= 0.3 is 6.09 Å². The average molecular weight is 451 g/mol. The molecule has 0 spiro atoms. The third-order valence-corrected chi connectivity index (χ3v) is 4.67. The molecule has 6 heteroatoms. The fourth-order valence-electron chi connectivity index (χ4n) is 2.61. The highest BCUT2D eigenvalue weighted by atomic mass is 127. The molecule has 1 aliphatic heterocycles. The second-order valence-corrected chi connectivity index (χ2v) is 8.59. The number of ether oxygens (including phenoxy) is 1. The third-order valence-electron chi connectivity index (χ3n) is 3.68. The number of rotatable bonds is 3. The lowest BCUT2D eigenvalue weighted by atomic mass is 9.98. The van der Waals surface area contributed by atoms with Crippen molar-refractivity contribution in [3.05, 3.63) is 26.8 Å². The van der Waals surface area contributed by atoms with Gasteiger partial charge in [-0.15, -0.1) is 0 Å². The van der Waals surface area contributed by atoms with Gasteiger partial charge in [0.2, 0.25) is 0 Å². The van der Waals surface area contributed by atoms with Crippen LogP contribution in [0, 0.1) is 9.49 Å². The number of likely N-dealkylation sites (tertiary alicyclic amines) is 1. The summed E-state index contributed by atoms with van der Waals surface area (Å²) >= 11 is 8.49. The molecule has 1 saturated heterocycles. The van der Waals surface area contributed by atoms with E-state index in [1.165, 1.54) is 0 Å². The van der Waals surface area contributed by atoms with Crippen molar-refractivity contribution in [2.45, 2.75) is 39.2 Å². The highest BCUT2D eigenvalue weighted by Crippen LogP contribution is 2.25. The fourth-order valence-corrected chi connectivity index (χ4v) is 3.53. The molecular weight excluding hydrogens is 427 g/mol. The fraction of sp³-hybridized carbons (Fsp3) is 0.588. The van der Waals surface area contributed by atoms with Crippen molar-refractivity contribution in [2.24, 2.45) is 5.92 Å². The van der Waals surface area contributed by atoms with Gasteiger partial charge in [-0.1, -0.05) is 11.6 Å². The summed E-state index contributed by atoms with van der Waals surface area (Å²) in [7, 11) is 0. The van der Waals surface area contributed by atoms with Crippen molar-refractivity contribution in [3.63, 3.8) is 0 Å². The van der Waals surface area contributed by atoms with Crippen LogP contribution in [-0.2, 0) is 4.74 Å². The molecule has 1 N–H and O–H groups in total. The first kappa shape index (κ1) is 18.6. The van der Waals surface area contributed by atoms with Gasteiger partial charge in [-0.3, -0.25) is 0 Å². The number of benzene rings is 1. The highest BCUT2D eigenvalue weighted by molar-refractivity contribution is 14.1. The zero-order chi connectivity index (χ0) is 17.0. The number of anilines is 1. The normalized spacial score (nSPS) is 18.7. The molecule has 0 bridgehead atoms. The van der Waals surface area contributed by atoms with Gasteiger partial charge in [0.15, 0.2) is 0 Å². The van der Waals surface area contributed by atoms with Crippen molar-refractivity contribution < 1.29 is 9.53 Å². The quantitative estimate of drug-likeness (QED) is 0.659. The molecule has 0 saturated carbocycles. The predicted octanol–water partition coefficient (Wildman–Crippen LogP) is 5.00. The maximum Gasteiger partial charge on any atom is 0.410 e. The molecule has 1 atom stereocenters. The lowest BCUT2D eigenvalue weighted by Gasteiger charge is -2.34. The van der Waals surface area contributed by atoms with Crippen LogP contribution in [0.3, 0.4) is 0 Å². The maximum atomic E-state index is 12.2. The zero-order valence-electron chi connectivity index (χ0n) is 13.9.